The number of nitrogens with one attached hydrogen (secondary N) is 1. The number of amides is 1. The number of piperazine rings is 1. The maximum absolute atomic E-state index is 13.1. The summed E-state index contributed by atoms with van der Waals surface area (Å²) >= 11 is 1.54. The predicted octanol–water partition coefficient (Wildman–Crippen LogP) is 3.30. The topological polar surface area (TPSA) is 54.5 Å². The number of ether oxygens (including phenoxy) is 1. The van der Waals surface area contributed by atoms with E-state index in [-0.39, 0.29) is 11.9 Å². The lowest BCUT2D eigenvalue weighted by Crippen LogP contribution is -2.55. The Morgan fingerprint density at radius 2 is 2.07 bits per heavy atom. The first kappa shape index (κ1) is 17.7. The summed E-state index contributed by atoms with van der Waals surface area (Å²) in [7, 11) is 0. The molecule has 4 rings (SSSR count). The van der Waals surface area contributed by atoms with Gasteiger partial charge in [-0.2, -0.15) is 0 Å². The minimum Gasteiger partial charge on any atom is -0.490 e. The molecule has 6 heteroatoms. The Morgan fingerprint density at radius 1 is 1.19 bits per heavy atom. The second-order valence-electron chi connectivity index (χ2n) is 6.39. The molecule has 3 aromatic rings. The number of aromatic nitrogens is 1. The number of carbonyl (C=O) groups excluding carboxylic acids is 1. The van der Waals surface area contributed by atoms with Gasteiger partial charge in [0.1, 0.15) is 12.4 Å². The molecule has 1 fully saturated rings. The van der Waals surface area contributed by atoms with Gasteiger partial charge in [0.25, 0.3) is 5.91 Å². The molecule has 138 valence electrons. The van der Waals surface area contributed by atoms with Crippen LogP contribution >= 0.6 is 11.3 Å². The number of thiophene rings is 1. The highest BCUT2D eigenvalue weighted by Crippen LogP contribution is 2.29. The molecule has 0 saturated carbocycles. The van der Waals surface area contributed by atoms with E-state index in [1.54, 1.807) is 23.7 Å². The Balaban J connectivity index is 1.46. The molecule has 1 amide bonds. The SMILES string of the molecule is O=C(c1ccc(-c2ccccc2)s1)N1CCNCC1COc1cccnc1. The maximum Gasteiger partial charge on any atom is 0.264 e. The highest BCUT2D eigenvalue weighted by atomic mass is 32.1. The van der Waals surface area contributed by atoms with Crippen LogP contribution in [0.3, 0.4) is 0 Å². The van der Waals surface area contributed by atoms with Crippen LogP contribution in [0.15, 0.2) is 67.0 Å². The average molecular weight is 379 g/mol. The van der Waals surface area contributed by atoms with E-state index in [9.17, 15) is 4.79 Å². The predicted molar refractivity (Wildman–Crippen MR) is 107 cm³/mol. The van der Waals surface area contributed by atoms with Crippen molar-refractivity contribution in [3.8, 4) is 16.2 Å². The summed E-state index contributed by atoms with van der Waals surface area (Å²) < 4.78 is 5.84. The van der Waals surface area contributed by atoms with Crippen molar-refractivity contribution in [3.05, 3.63) is 71.9 Å². The first-order valence-corrected chi connectivity index (χ1v) is 9.83. The van der Waals surface area contributed by atoms with Crippen LogP contribution in [0.25, 0.3) is 10.4 Å². The fraction of sp³-hybridized carbons (Fsp3) is 0.238. The van der Waals surface area contributed by atoms with Gasteiger partial charge in [0.2, 0.25) is 0 Å². The lowest BCUT2D eigenvalue weighted by molar-refractivity contribution is 0.0564. The van der Waals surface area contributed by atoms with Gasteiger partial charge in [-0.3, -0.25) is 9.78 Å². The van der Waals surface area contributed by atoms with Gasteiger partial charge in [-0.1, -0.05) is 30.3 Å². The maximum atomic E-state index is 13.1. The van der Waals surface area contributed by atoms with Crippen LogP contribution in [0.5, 0.6) is 5.75 Å². The van der Waals surface area contributed by atoms with E-state index >= 15 is 0 Å². The molecule has 0 aliphatic carbocycles. The minimum atomic E-state index is -0.00580. The Morgan fingerprint density at radius 3 is 2.89 bits per heavy atom. The minimum absolute atomic E-state index is 0.00580. The number of rotatable bonds is 5. The molecule has 1 unspecified atom stereocenters. The van der Waals surface area contributed by atoms with Crippen molar-refractivity contribution in [3.63, 3.8) is 0 Å². The monoisotopic (exact) mass is 379 g/mol. The second kappa shape index (κ2) is 8.33. The Kier molecular flexibility index (Phi) is 5.46. The summed E-state index contributed by atoms with van der Waals surface area (Å²) in [6.07, 6.45) is 3.40. The molecule has 3 heterocycles. The van der Waals surface area contributed by atoms with Gasteiger partial charge < -0.3 is 15.0 Å². The molecule has 1 N–H and O–H groups in total. The Hall–Kier alpha value is -2.70. The van der Waals surface area contributed by atoms with Crippen molar-refractivity contribution >= 4 is 17.2 Å². The van der Waals surface area contributed by atoms with Crippen molar-refractivity contribution < 1.29 is 9.53 Å². The zero-order chi connectivity index (χ0) is 18.5. The highest BCUT2D eigenvalue weighted by Gasteiger charge is 2.28. The number of carbonyl (C=O) groups is 1. The lowest BCUT2D eigenvalue weighted by atomic mass is 10.2. The first-order valence-electron chi connectivity index (χ1n) is 9.01. The third-order valence-electron chi connectivity index (χ3n) is 4.56. The summed E-state index contributed by atoms with van der Waals surface area (Å²) in [6.45, 7) is 2.65. The van der Waals surface area contributed by atoms with Gasteiger partial charge in [-0.25, -0.2) is 0 Å². The summed E-state index contributed by atoms with van der Waals surface area (Å²) in [4.78, 5) is 21.0. The lowest BCUT2D eigenvalue weighted by Gasteiger charge is -2.35. The Bertz CT molecular complexity index is 883. The molecule has 0 bridgehead atoms. The van der Waals surface area contributed by atoms with Crippen molar-refractivity contribution in [1.82, 2.24) is 15.2 Å². The molecule has 2 aromatic heterocycles. The number of hydrogen-bond donors (Lipinski definition) is 1. The molecule has 5 nitrogen and oxygen atoms in total. The van der Waals surface area contributed by atoms with Gasteiger partial charge in [0.05, 0.1) is 17.1 Å². The largest absolute Gasteiger partial charge is 0.490 e. The number of hydrogen-bond acceptors (Lipinski definition) is 5. The summed E-state index contributed by atoms with van der Waals surface area (Å²) in [5.74, 6) is 0.793. The van der Waals surface area contributed by atoms with Crippen LogP contribution in [0.1, 0.15) is 9.67 Å². The summed E-state index contributed by atoms with van der Waals surface area (Å²) in [5, 5.41) is 3.35. The van der Waals surface area contributed by atoms with Crippen LogP contribution in [-0.4, -0.2) is 48.1 Å². The van der Waals surface area contributed by atoms with Crippen LogP contribution in [-0.2, 0) is 0 Å². The Labute approximate surface area is 162 Å². The smallest absolute Gasteiger partial charge is 0.264 e. The van der Waals surface area contributed by atoms with E-state index in [0.29, 0.717) is 13.2 Å². The van der Waals surface area contributed by atoms with E-state index < -0.39 is 0 Å². The third-order valence-corrected chi connectivity index (χ3v) is 5.69. The van der Waals surface area contributed by atoms with Gasteiger partial charge in [-0.05, 0) is 29.8 Å². The summed E-state index contributed by atoms with van der Waals surface area (Å²) in [5.41, 5.74) is 1.14. The number of benzene rings is 1. The highest BCUT2D eigenvalue weighted by molar-refractivity contribution is 7.17. The van der Waals surface area contributed by atoms with E-state index in [1.807, 2.05) is 47.4 Å². The van der Waals surface area contributed by atoms with Gasteiger partial charge in [-0.15, -0.1) is 11.3 Å². The molecule has 1 aliphatic rings. The molecular formula is C21H21N3O2S. The molecule has 1 atom stereocenters. The van der Waals surface area contributed by atoms with E-state index in [0.717, 1.165) is 34.2 Å². The third kappa shape index (κ3) is 4.18. The molecule has 0 spiro atoms. The molecule has 1 saturated heterocycles. The van der Waals surface area contributed by atoms with Gasteiger partial charge in [0, 0.05) is 30.7 Å². The van der Waals surface area contributed by atoms with E-state index in [1.165, 1.54) is 0 Å². The molecule has 1 aromatic carbocycles. The molecule has 27 heavy (non-hydrogen) atoms. The van der Waals surface area contributed by atoms with Crippen LogP contribution < -0.4 is 10.1 Å². The van der Waals surface area contributed by atoms with E-state index in [4.69, 9.17) is 4.74 Å². The standard InChI is InChI=1S/C21H21N3O2S/c25-21(20-9-8-19(27-20)16-5-2-1-3-6-16)24-12-11-23-13-17(24)15-26-18-7-4-10-22-14-18/h1-10,14,17,23H,11-13,15H2. The number of nitrogens with zero attached hydrogens (tertiary/aromatic N) is 2. The first-order chi connectivity index (χ1) is 13.3. The van der Waals surface area contributed by atoms with Gasteiger partial charge in [0.15, 0.2) is 0 Å². The second-order valence-corrected chi connectivity index (χ2v) is 7.47. The van der Waals surface area contributed by atoms with Crippen molar-refractivity contribution in [2.75, 3.05) is 26.2 Å². The fourth-order valence-electron chi connectivity index (χ4n) is 3.15. The van der Waals surface area contributed by atoms with Crippen molar-refractivity contribution in [2.24, 2.45) is 0 Å². The molecule has 1 aliphatic heterocycles. The van der Waals surface area contributed by atoms with E-state index in [2.05, 4.69) is 22.4 Å². The van der Waals surface area contributed by atoms with Crippen LogP contribution in [0, 0.1) is 0 Å². The van der Waals surface area contributed by atoms with Crippen LogP contribution in [0.2, 0.25) is 0 Å². The molecular weight excluding hydrogens is 358 g/mol. The fourth-order valence-corrected chi connectivity index (χ4v) is 4.12. The summed E-state index contributed by atoms with van der Waals surface area (Å²) in [6, 6.07) is 17.8. The average Bonchev–Trinajstić information content (AvgIpc) is 3.24. The van der Waals surface area contributed by atoms with Gasteiger partial charge >= 0.3 is 0 Å². The zero-order valence-corrected chi connectivity index (χ0v) is 15.7. The molecule has 0 radical (unpaired) electrons. The van der Waals surface area contributed by atoms with Crippen molar-refractivity contribution in [2.45, 2.75) is 6.04 Å². The normalized spacial score (nSPS) is 16.9. The van der Waals surface area contributed by atoms with Crippen molar-refractivity contribution in [1.29, 1.82) is 0 Å². The number of pyridine rings is 1. The zero-order valence-electron chi connectivity index (χ0n) is 14.9. The van der Waals surface area contributed by atoms with Crippen LogP contribution in [0.4, 0.5) is 0 Å². The quantitative estimate of drug-likeness (QED) is 0.739.